The zero-order valence-corrected chi connectivity index (χ0v) is 21.2. The molecular formula is C23H17I3. The van der Waals surface area contributed by atoms with E-state index in [0.717, 1.165) is 0 Å². The average molecular weight is 674 g/mol. The predicted octanol–water partition coefficient (Wildman–Crippen LogP) is 8.03. The molecule has 0 spiro atoms. The fraction of sp³-hybridized carbons (Fsp3) is 0.217. The van der Waals surface area contributed by atoms with Crippen molar-refractivity contribution in [3.05, 3.63) is 81.9 Å². The lowest BCUT2D eigenvalue weighted by atomic mass is 9.91. The molecule has 3 aromatic rings. The summed E-state index contributed by atoms with van der Waals surface area (Å²) in [5, 5.41) is 0. The molecule has 0 radical (unpaired) electrons. The van der Waals surface area contributed by atoms with Crippen LogP contribution in [0.15, 0.2) is 48.5 Å². The van der Waals surface area contributed by atoms with Crippen molar-refractivity contribution in [1.29, 1.82) is 0 Å². The third-order valence-corrected chi connectivity index (χ3v) is 9.12. The Hall–Kier alpha value is -0.150. The highest BCUT2D eigenvalue weighted by atomic mass is 127. The Labute approximate surface area is 195 Å². The van der Waals surface area contributed by atoms with Gasteiger partial charge < -0.3 is 0 Å². The molecular weight excluding hydrogens is 657 g/mol. The van der Waals surface area contributed by atoms with Crippen molar-refractivity contribution in [2.75, 3.05) is 0 Å². The van der Waals surface area contributed by atoms with Crippen molar-refractivity contribution in [2.45, 2.75) is 25.6 Å². The van der Waals surface area contributed by atoms with Gasteiger partial charge in [0.05, 0.1) is 3.42 Å². The quantitative estimate of drug-likeness (QED) is 0.168. The molecule has 0 bridgehead atoms. The monoisotopic (exact) mass is 674 g/mol. The number of hydrogen-bond donors (Lipinski definition) is 0. The first-order valence-electron chi connectivity index (χ1n) is 8.70. The van der Waals surface area contributed by atoms with E-state index in [9.17, 15) is 0 Å². The third kappa shape index (κ3) is 2.22. The number of rotatable bonds is 0. The van der Waals surface area contributed by atoms with Crippen LogP contribution < -0.4 is 0 Å². The summed E-state index contributed by atoms with van der Waals surface area (Å²) in [7, 11) is 0. The van der Waals surface area contributed by atoms with Crippen molar-refractivity contribution in [1.82, 2.24) is 0 Å². The zero-order chi connectivity index (χ0) is 18.4. The summed E-state index contributed by atoms with van der Waals surface area (Å²) in [6.07, 6.45) is 0. The Bertz CT molecular complexity index is 1020. The molecule has 2 aliphatic carbocycles. The van der Waals surface area contributed by atoms with E-state index >= 15 is 0 Å². The van der Waals surface area contributed by atoms with Gasteiger partial charge in [-0.2, -0.15) is 0 Å². The lowest BCUT2D eigenvalue weighted by Gasteiger charge is -2.27. The van der Waals surface area contributed by atoms with Gasteiger partial charge in [-0.15, -0.1) is 0 Å². The van der Waals surface area contributed by atoms with E-state index in [0.29, 0.717) is 0 Å². The number of benzene rings is 3. The molecule has 26 heavy (non-hydrogen) atoms. The number of alkyl halides is 3. The van der Waals surface area contributed by atoms with Crippen molar-refractivity contribution in [3.8, 4) is 22.3 Å². The fourth-order valence-corrected chi connectivity index (χ4v) is 7.59. The third-order valence-electron chi connectivity index (χ3n) is 5.76. The van der Waals surface area contributed by atoms with Gasteiger partial charge in [0.1, 0.15) is 1.43 Å². The van der Waals surface area contributed by atoms with Crippen LogP contribution in [-0.4, -0.2) is 0 Å². The Morgan fingerprint density at radius 2 is 1.08 bits per heavy atom. The minimum atomic E-state index is -0.0267. The molecule has 130 valence electrons. The van der Waals surface area contributed by atoms with E-state index in [1.807, 2.05) is 0 Å². The van der Waals surface area contributed by atoms with Gasteiger partial charge >= 0.3 is 0 Å². The van der Waals surface area contributed by atoms with Gasteiger partial charge in [0.2, 0.25) is 0 Å². The molecule has 2 aliphatic rings. The smallest absolute Gasteiger partial charge is 0.0686 e. The van der Waals surface area contributed by atoms with Gasteiger partial charge in [-0.1, -0.05) is 127 Å². The van der Waals surface area contributed by atoms with Gasteiger partial charge in [-0.05, 0) is 65.3 Å². The summed E-state index contributed by atoms with van der Waals surface area (Å²) in [5.74, 6) is 0. The van der Waals surface area contributed by atoms with E-state index in [1.165, 1.54) is 55.6 Å². The largest absolute Gasteiger partial charge is 0.125 e. The molecule has 0 heterocycles. The predicted molar refractivity (Wildman–Crippen MR) is 136 cm³/mol. The molecule has 0 amide bonds. The first-order valence-corrected chi connectivity index (χ1v) is 11.9. The van der Waals surface area contributed by atoms with E-state index < -0.39 is 0 Å². The van der Waals surface area contributed by atoms with Gasteiger partial charge in [0.25, 0.3) is 0 Å². The van der Waals surface area contributed by atoms with Crippen LogP contribution in [0.3, 0.4) is 0 Å². The first-order chi connectivity index (χ1) is 12.2. The molecule has 1 atom stereocenters. The Kier molecular flexibility index (Phi) is 3.92. The highest BCUT2D eigenvalue weighted by Crippen LogP contribution is 2.64. The summed E-state index contributed by atoms with van der Waals surface area (Å²) in [4.78, 5) is 0. The van der Waals surface area contributed by atoms with E-state index in [4.69, 9.17) is 0 Å². The van der Waals surface area contributed by atoms with Crippen LogP contribution in [-0.2, 0) is 4.85 Å². The summed E-state index contributed by atoms with van der Waals surface area (Å²) >= 11 is 8.01. The average Bonchev–Trinajstić information content (AvgIpc) is 2.94. The van der Waals surface area contributed by atoms with Gasteiger partial charge in [0.15, 0.2) is 0 Å². The zero-order valence-electron chi connectivity index (χ0n) is 14.8. The lowest BCUT2D eigenvalue weighted by molar-refractivity contribution is 0.895. The van der Waals surface area contributed by atoms with E-state index in [-0.39, 0.29) is 4.85 Å². The van der Waals surface area contributed by atoms with Crippen LogP contribution in [0.4, 0.5) is 0 Å². The lowest BCUT2D eigenvalue weighted by Crippen LogP contribution is -2.18. The second-order valence-electron chi connectivity index (χ2n) is 7.59. The highest BCUT2D eigenvalue weighted by Gasteiger charge is 2.48. The molecule has 5 rings (SSSR count). The standard InChI is InChI=1S/C23H17I3/c1-12-4-6-14-16-8-9-17-15-7-5-13(2)11-19(15)23(25,26)21(17)20(16)22(3,24)18(14)10-12/h4-11H,1-3H3. The fourth-order valence-electron chi connectivity index (χ4n) is 4.57. The second-order valence-corrected chi connectivity index (χ2v) is 15.0. The van der Waals surface area contributed by atoms with Crippen LogP contribution in [0.25, 0.3) is 22.3 Å². The Morgan fingerprint density at radius 3 is 1.69 bits per heavy atom. The van der Waals surface area contributed by atoms with Crippen LogP contribution in [0, 0.1) is 13.8 Å². The van der Waals surface area contributed by atoms with Crippen molar-refractivity contribution < 1.29 is 0 Å². The van der Waals surface area contributed by atoms with Crippen LogP contribution in [0.2, 0.25) is 0 Å². The number of aryl methyl sites for hydroxylation is 2. The molecule has 0 saturated heterocycles. The summed E-state index contributed by atoms with van der Waals surface area (Å²) in [6.45, 7) is 6.77. The Balaban J connectivity index is 1.89. The molecule has 0 fully saturated rings. The number of hydrogen-bond acceptors (Lipinski definition) is 0. The van der Waals surface area contributed by atoms with Crippen LogP contribution >= 0.6 is 67.8 Å². The van der Waals surface area contributed by atoms with Crippen LogP contribution in [0.5, 0.6) is 0 Å². The van der Waals surface area contributed by atoms with E-state index in [2.05, 4.69) is 137 Å². The highest BCUT2D eigenvalue weighted by molar-refractivity contribution is 14.2. The van der Waals surface area contributed by atoms with Crippen LogP contribution in [0.1, 0.15) is 40.3 Å². The molecule has 0 N–H and O–H groups in total. The number of halogens is 3. The SMILES string of the molecule is Cc1ccc2c(c1)C(C)(I)c1c-2ccc2c1C(I)(I)c1cc(C)ccc1-2. The van der Waals surface area contributed by atoms with E-state index in [1.54, 1.807) is 0 Å². The second kappa shape index (κ2) is 5.69. The molecule has 1 unspecified atom stereocenters. The maximum absolute atomic E-state index is 2.68. The van der Waals surface area contributed by atoms with Gasteiger partial charge in [-0.25, -0.2) is 0 Å². The summed E-state index contributed by atoms with van der Waals surface area (Å²) < 4.78 is -0.0282. The summed E-state index contributed by atoms with van der Waals surface area (Å²) in [6, 6.07) is 18.6. The maximum Gasteiger partial charge on any atom is 0.125 e. The first kappa shape index (κ1) is 17.9. The van der Waals surface area contributed by atoms with Crippen molar-refractivity contribution >= 4 is 67.8 Å². The number of fused-ring (bicyclic) bond motifs is 7. The van der Waals surface area contributed by atoms with Gasteiger partial charge in [0, 0.05) is 0 Å². The maximum atomic E-state index is 2.68. The molecule has 0 saturated carbocycles. The molecule has 0 nitrogen and oxygen atoms in total. The van der Waals surface area contributed by atoms with Gasteiger partial charge in [-0.3, -0.25) is 0 Å². The minimum absolute atomic E-state index is 0.00152. The molecule has 0 aliphatic heterocycles. The molecule has 3 heteroatoms. The molecule has 0 aromatic heterocycles. The Morgan fingerprint density at radius 1 is 0.615 bits per heavy atom. The summed E-state index contributed by atoms with van der Waals surface area (Å²) in [5.41, 5.74) is 14.2. The normalized spacial score (nSPS) is 21.2. The van der Waals surface area contributed by atoms with Crippen molar-refractivity contribution in [2.24, 2.45) is 0 Å². The minimum Gasteiger partial charge on any atom is -0.0686 e. The molecule has 3 aromatic carbocycles. The topological polar surface area (TPSA) is 0 Å². The van der Waals surface area contributed by atoms with Crippen molar-refractivity contribution in [3.63, 3.8) is 0 Å².